The van der Waals surface area contributed by atoms with Gasteiger partial charge in [-0.05, 0) is 51.4 Å². The molecule has 0 aromatic heterocycles. The summed E-state index contributed by atoms with van der Waals surface area (Å²) in [7, 11) is 0. The fourth-order valence-corrected chi connectivity index (χ4v) is 2.15. The zero-order chi connectivity index (χ0) is 12.7. The van der Waals surface area contributed by atoms with E-state index in [2.05, 4.69) is 25.1 Å². The third-order valence-electron chi connectivity index (χ3n) is 3.64. The lowest BCUT2D eigenvalue weighted by Gasteiger charge is -2.25. The molecule has 2 atom stereocenters. The van der Waals surface area contributed by atoms with Crippen molar-refractivity contribution >= 4 is 0 Å². The van der Waals surface area contributed by atoms with Crippen molar-refractivity contribution in [1.29, 1.82) is 5.26 Å². The lowest BCUT2D eigenvalue weighted by Crippen LogP contribution is -2.20. The van der Waals surface area contributed by atoms with E-state index in [1.807, 2.05) is 13.8 Å². The second kappa shape index (κ2) is 6.81. The minimum atomic E-state index is -0.204. The van der Waals surface area contributed by atoms with E-state index < -0.39 is 0 Å². The largest absolute Gasteiger partial charge is 0.381 e. The van der Waals surface area contributed by atoms with E-state index in [9.17, 15) is 0 Å². The molecule has 0 saturated heterocycles. The van der Waals surface area contributed by atoms with Gasteiger partial charge in [-0.15, -0.1) is 0 Å². The maximum absolute atomic E-state index is 8.89. The number of hydrogen-bond acceptors (Lipinski definition) is 2. The van der Waals surface area contributed by atoms with Crippen LogP contribution in [0, 0.1) is 28.6 Å². The second-order valence-corrected chi connectivity index (χ2v) is 5.85. The highest BCUT2D eigenvalue weighted by molar-refractivity contribution is 4.93. The Morgan fingerprint density at radius 1 is 1.35 bits per heavy atom. The maximum atomic E-state index is 8.89. The molecule has 0 saturated carbocycles. The Bertz CT molecular complexity index is 288. The number of ether oxygens (including phenoxy) is 1. The first-order chi connectivity index (χ1) is 8.05. The normalized spacial score (nSPS) is 24.6. The van der Waals surface area contributed by atoms with E-state index in [0.717, 1.165) is 38.4 Å². The molecule has 1 aliphatic rings. The van der Waals surface area contributed by atoms with Crippen LogP contribution in [0.3, 0.4) is 0 Å². The van der Waals surface area contributed by atoms with Gasteiger partial charge in [0.2, 0.25) is 0 Å². The van der Waals surface area contributed by atoms with Gasteiger partial charge in [-0.1, -0.05) is 19.1 Å². The van der Waals surface area contributed by atoms with Crippen molar-refractivity contribution in [2.75, 3.05) is 13.2 Å². The Balaban J connectivity index is 2.09. The van der Waals surface area contributed by atoms with Crippen molar-refractivity contribution in [3.8, 4) is 6.07 Å². The number of nitriles is 1. The van der Waals surface area contributed by atoms with E-state index in [-0.39, 0.29) is 5.41 Å². The summed E-state index contributed by atoms with van der Waals surface area (Å²) in [5, 5.41) is 8.89. The van der Waals surface area contributed by atoms with Gasteiger partial charge in [-0.3, -0.25) is 0 Å². The van der Waals surface area contributed by atoms with Crippen LogP contribution in [0.1, 0.15) is 46.5 Å². The molecule has 2 nitrogen and oxygen atoms in total. The summed E-state index contributed by atoms with van der Waals surface area (Å²) >= 11 is 0. The van der Waals surface area contributed by atoms with Crippen LogP contribution in [0.25, 0.3) is 0 Å². The highest BCUT2D eigenvalue weighted by Gasteiger charge is 2.19. The third-order valence-corrected chi connectivity index (χ3v) is 3.64. The predicted octanol–water partition coefficient (Wildman–Crippen LogP) is 3.94. The minimum absolute atomic E-state index is 0.204. The minimum Gasteiger partial charge on any atom is -0.381 e. The summed E-state index contributed by atoms with van der Waals surface area (Å²) < 4.78 is 5.74. The molecule has 0 N–H and O–H groups in total. The fraction of sp³-hybridized carbons (Fsp3) is 0.800. The van der Waals surface area contributed by atoms with E-state index in [1.54, 1.807) is 0 Å². The third kappa shape index (κ3) is 5.37. The molecule has 0 heterocycles. The average Bonchev–Trinajstić information content (AvgIpc) is 2.31. The molecule has 0 aromatic rings. The lowest BCUT2D eigenvalue weighted by molar-refractivity contribution is 0.0737. The summed E-state index contributed by atoms with van der Waals surface area (Å²) in [6.07, 6.45) is 8.80. The molecule has 1 rings (SSSR count). The van der Waals surface area contributed by atoms with E-state index in [4.69, 9.17) is 10.00 Å². The quantitative estimate of drug-likeness (QED) is 0.516. The molecule has 2 heteroatoms. The first kappa shape index (κ1) is 14.3. The van der Waals surface area contributed by atoms with Crippen LogP contribution >= 0.6 is 0 Å². The van der Waals surface area contributed by atoms with Crippen LogP contribution in [0.5, 0.6) is 0 Å². The Morgan fingerprint density at radius 3 is 2.71 bits per heavy atom. The molecule has 0 bridgehead atoms. The van der Waals surface area contributed by atoms with Gasteiger partial charge in [0, 0.05) is 13.2 Å². The predicted molar refractivity (Wildman–Crippen MR) is 70.5 cm³/mol. The highest BCUT2D eigenvalue weighted by Crippen LogP contribution is 2.25. The van der Waals surface area contributed by atoms with Gasteiger partial charge < -0.3 is 4.74 Å². The number of nitrogens with zero attached hydrogens (tertiary/aromatic N) is 1. The molecule has 0 amide bonds. The fourth-order valence-electron chi connectivity index (χ4n) is 2.15. The van der Waals surface area contributed by atoms with E-state index in [1.165, 1.54) is 6.42 Å². The maximum Gasteiger partial charge on any atom is 0.0683 e. The Labute approximate surface area is 106 Å². The van der Waals surface area contributed by atoms with Gasteiger partial charge in [0.25, 0.3) is 0 Å². The molecule has 0 aliphatic heterocycles. The first-order valence-electron chi connectivity index (χ1n) is 6.69. The van der Waals surface area contributed by atoms with Crippen LogP contribution in [0.15, 0.2) is 12.2 Å². The number of allylic oxidation sites excluding steroid dienone is 2. The van der Waals surface area contributed by atoms with Gasteiger partial charge in [0.15, 0.2) is 0 Å². The standard InChI is InChI=1S/C15H25NO/c1-13-7-4-5-8-14(13)11-17-10-6-9-15(2,3)12-16/h4-5,13-14H,6-11H2,1-3H3. The summed E-state index contributed by atoms with van der Waals surface area (Å²) in [6.45, 7) is 7.94. The molecule has 2 unspecified atom stereocenters. The van der Waals surface area contributed by atoms with Crippen LogP contribution in [0.4, 0.5) is 0 Å². The monoisotopic (exact) mass is 235 g/mol. The average molecular weight is 235 g/mol. The molecular formula is C15H25NO. The summed E-state index contributed by atoms with van der Waals surface area (Å²) in [5.41, 5.74) is -0.204. The van der Waals surface area contributed by atoms with Crippen molar-refractivity contribution < 1.29 is 4.74 Å². The Morgan fingerprint density at radius 2 is 2.06 bits per heavy atom. The zero-order valence-corrected chi connectivity index (χ0v) is 11.4. The molecule has 1 aliphatic carbocycles. The molecule has 0 radical (unpaired) electrons. The highest BCUT2D eigenvalue weighted by atomic mass is 16.5. The molecule has 96 valence electrons. The van der Waals surface area contributed by atoms with Crippen LogP contribution in [-0.4, -0.2) is 13.2 Å². The zero-order valence-electron chi connectivity index (χ0n) is 11.4. The molecule has 0 spiro atoms. The molecule has 17 heavy (non-hydrogen) atoms. The topological polar surface area (TPSA) is 33.0 Å². The van der Waals surface area contributed by atoms with Crippen LogP contribution in [-0.2, 0) is 4.74 Å². The SMILES string of the molecule is CC1CC=CCC1COCCCC(C)(C)C#N. The summed E-state index contributed by atoms with van der Waals surface area (Å²) in [5.74, 6) is 1.43. The molecule has 0 aromatic carbocycles. The summed E-state index contributed by atoms with van der Waals surface area (Å²) in [6, 6.07) is 2.32. The van der Waals surface area contributed by atoms with Crippen molar-refractivity contribution in [2.24, 2.45) is 17.3 Å². The Hall–Kier alpha value is -0.810. The van der Waals surface area contributed by atoms with E-state index in [0.29, 0.717) is 5.92 Å². The first-order valence-corrected chi connectivity index (χ1v) is 6.69. The van der Waals surface area contributed by atoms with Gasteiger partial charge in [-0.25, -0.2) is 0 Å². The summed E-state index contributed by atoms with van der Waals surface area (Å²) in [4.78, 5) is 0. The van der Waals surface area contributed by atoms with Crippen molar-refractivity contribution in [3.05, 3.63) is 12.2 Å². The van der Waals surface area contributed by atoms with E-state index >= 15 is 0 Å². The smallest absolute Gasteiger partial charge is 0.0683 e. The molecule has 0 fully saturated rings. The number of hydrogen-bond donors (Lipinski definition) is 0. The van der Waals surface area contributed by atoms with Gasteiger partial charge >= 0.3 is 0 Å². The van der Waals surface area contributed by atoms with Gasteiger partial charge in [0.05, 0.1) is 11.5 Å². The van der Waals surface area contributed by atoms with Crippen LogP contribution < -0.4 is 0 Å². The van der Waals surface area contributed by atoms with Crippen molar-refractivity contribution in [1.82, 2.24) is 0 Å². The van der Waals surface area contributed by atoms with Crippen molar-refractivity contribution in [2.45, 2.75) is 46.5 Å². The van der Waals surface area contributed by atoms with Crippen LogP contribution in [0.2, 0.25) is 0 Å². The molecular weight excluding hydrogens is 210 g/mol. The van der Waals surface area contributed by atoms with Gasteiger partial charge in [0.1, 0.15) is 0 Å². The van der Waals surface area contributed by atoms with Crippen molar-refractivity contribution in [3.63, 3.8) is 0 Å². The van der Waals surface area contributed by atoms with Gasteiger partial charge in [-0.2, -0.15) is 5.26 Å². The Kier molecular flexibility index (Phi) is 5.71. The lowest BCUT2D eigenvalue weighted by atomic mass is 9.85. The second-order valence-electron chi connectivity index (χ2n) is 5.85. The number of rotatable bonds is 6.